The summed E-state index contributed by atoms with van der Waals surface area (Å²) in [7, 11) is 0. The van der Waals surface area contributed by atoms with Crippen molar-refractivity contribution in [2.75, 3.05) is 0 Å². The van der Waals surface area contributed by atoms with Gasteiger partial charge in [-0.1, -0.05) is 35.5 Å². The van der Waals surface area contributed by atoms with Gasteiger partial charge in [0.25, 0.3) is 5.69 Å². The number of nitro groups is 1. The Hall–Kier alpha value is -2.69. The summed E-state index contributed by atoms with van der Waals surface area (Å²) in [6.07, 6.45) is 1.52. The van der Waals surface area contributed by atoms with Gasteiger partial charge in [-0.25, -0.2) is 0 Å². The number of nitrogens with zero attached hydrogens (tertiary/aromatic N) is 2. The second-order valence-electron chi connectivity index (χ2n) is 3.84. The van der Waals surface area contributed by atoms with Gasteiger partial charge in [-0.3, -0.25) is 10.1 Å². The van der Waals surface area contributed by atoms with Gasteiger partial charge >= 0.3 is 0 Å². The molecule has 0 N–H and O–H groups in total. The quantitative estimate of drug-likeness (QED) is 0.469. The van der Waals surface area contributed by atoms with Crippen LogP contribution in [0.2, 0.25) is 0 Å². The monoisotopic (exact) mass is 256 g/mol. The lowest BCUT2D eigenvalue weighted by Gasteiger charge is -1.98. The van der Waals surface area contributed by atoms with Gasteiger partial charge in [-0.2, -0.15) is 0 Å². The SMILES string of the molecule is O=[N+]([O-])c1ccc(/C=N/OCc2ccccc2)cc1. The molecule has 0 saturated carbocycles. The van der Waals surface area contributed by atoms with Crippen molar-refractivity contribution >= 4 is 11.9 Å². The lowest BCUT2D eigenvalue weighted by atomic mass is 10.2. The molecule has 0 atom stereocenters. The maximum Gasteiger partial charge on any atom is 0.269 e. The van der Waals surface area contributed by atoms with Crippen LogP contribution in [0.5, 0.6) is 0 Å². The lowest BCUT2D eigenvalue weighted by Crippen LogP contribution is -1.90. The Bertz CT molecular complexity index is 565. The standard InChI is InChI=1S/C14H12N2O3/c17-16(18)14-8-6-12(7-9-14)10-15-19-11-13-4-2-1-3-5-13/h1-10H,11H2/b15-10+. The van der Waals surface area contributed by atoms with Crippen LogP contribution in [-0.4, -0.2) is 11.1 Å². The van der Waals surface area contributed by atoms with E-state index in [4.69, 9.17) is 4.84 Å². The predicted octanol–water partition coefficient (Wildman–Crippen LogP) is 3.15. The molecule has 0 aliphatic heterocycles. The molecule has 0 heterocycles. The highest BCUT2D eigenvalue weighted by Crippen LogP contribution is 2.10. The largest absolute Gasteiger partial charge is 0.391 e. The van der Waals surface area contributed by atoms with Crippen LogP contribution in [-0.2, 0) is 11.4 Å². The van der Waals surface area contributed by atoms with Gasteiger partial charge in [0.05, 0.1) is 11.1 Å². The summed E-state index contributed by atoms with van der Waals surface area (Å²) in [4.78, 5) is 15.2. The van der Waals surface area contributed by atoms with Crippen molar-refractivity contribution in [1.82, 2.24) is 0 Å². The van der Waals surface area contributed by atoms with Gasteiger partial charge in [0.2, 0.25) is 0 Å². The van der Waals surface area contributed by atoms with E-state index in [1.54, 1.807) is 12.1 Å². The van der Waals surface area contributed by atoms with E-state index >= 15 is 0 Å². The van der Waals surface area contributed by atoms with E-state index in [1.807, 2.05) is 30.3 Å². The summed E-state index contributed by atoms with van der Waals surface area (Å²) in [6, 6.07) is 15.8. The van der Waals surface area contributed by atoms with E-state index in [2.05, 4.69) is 5.16 Å². The van der Waals surface area contributed by atoms with Crippen molar-refractivity contribution in [3.8, 4) is 0 Å². The minimum absolute atomic E-state index is 0.0577. The molecule has 19 heavy (non-hydrogen) atoms. The molecule has 5 nitrogen and oxygen atoms in total. The first kappa shape index (κ1) is 12.8. The number of nitro benzene ring substituents is 1. The molecule has 0 fully saturated rings. The van der Waals surface area contributed by atoms with Crippen molar-refractivity contribution in [2.24, 2.45) is 5.16 Å². The summed E-state index contributed by atoms with van der Waals surface area (Å²) < 4.78 is 0. The van der Waals surface area contributed by atoms with Crippen LogP contribution >= 0.6 is 0 Å². The summed E-state index contributed by atoms with van der Waals surface area (Å²) in [5.74, 6) is 0. The zero-order valence-electron chi connectivity index (χ0n) is 10.1. The Morgan fingerprint density at radius 1 is 1.11 bits per heavy atom. The Morgan fingerprint density at radius 3 is 2.42 bits per heavy atom. The first-order valence-corrected chi connectivity index (χ1v) is 5.69. The predicted molar refractivity (Wildman–Crippen MR) is 71.9 cm³/mol. The molecule has 0 amide bonds. The lowest BCUT2D eigenvalue weighted by molar-refractivity contribution is -0.384. The fraction of sp³-hybridized carbons (Fsp3) is 0.0714. The summed E-state index contributed by atoms with van der Waals surface area (Å²) in [5, 5.41) is 14.3. The molecule has 0 radical (unpaired) electrons. The van der Waals surface area contributed by atoms with E-state index in [0.29, 0.717) is 6.61 Å². The van der Waals surface area contributed by atoms with Gasteiger partial charge < -0.3 is 4.84 Å². The molecule has 5 heteroatoms. The van der Waals surface area contributed by atoms with E-state index in [1.165, 1.54) is 18.3 Å². The van der Waals surface area contributed by atoms with Crippen LogP contribution in [0.15, 0.2) is 59.8 Å². The zero-order chi connectivity index (χ0) is 13.5. The number of oxime groups is 1. The van der Waals surface area contributed by atoms with Gasteiger partial charge in [0.1, 0.15) is 6.61 Å². The van der Waals surface area contributed by atoms with Gasteiger partial charge in [-0.15, -0.1) is 0 Å². The average molecular weight is 256 g/mol. The maximum absolute atomic E-state index is 10.5. The Labute approximate surface area is 110 Å². The first-order chi connectivity index (χ1) is 9.25. The highest BCUT2D eigenvalue weighted by molar-refractivity contribution is 5.79. The van der Waals surface area contributed by atoms with Crippen molar-refractivity contribution in [3.05, 3.63) is 75.8 Å². The maximum atomic E-state index is 10.5. The highest BCUT2D eigenvalue weighted by atomic mass is 16.6. The molecule has 0 bridgehead atoms. The molecule has 0 saturated heterocycles. The van der Waals surface area contributed by atoms with E-state index in [9.17, 15) is 10.1 Å². The molecule has 0 aromatic heterocycles. The van der Waals surface area contributed by atoms with E-state index < -0.39 is 4.92 Å². The number of benzene rings is 2. The number of hydrogen-bond acceptors (Lipinski definition) is 4. The highest BCUT2D eigenvalue weighted by Gasteiger charge is 2.02. The van der Waals surface area contributed by atoms with Crippen LogP contribution in [0.25, 0.3) is 0 Å². The second kappa shape index (κ2) is 6.30. The van der Waals surface area contributed by atoms with Gasteiger partial charge in [0, 0.05) is 12.1 Å². The third kappa shape index (κ3) is 3.92. The number of rotatable bonds is 5. The zero-order valence-corrected chi connectivity index (χ0v) is 10.1. The minimum atomic E-state index is -0.438. The smallest absolute Gasteiger partial charge is 0.269 e. The Balaban J connectivity index is 1.87. The Morgan fingerprint density at radius 2 is 1.79 bits per heavy atom. The van der Waals surface area contributed by atoms with Crippen LogP contribution in [0.1, 0.15) is 11.1 Å². The van der Waals surface area contributed by atoms with Crippen LogP contribution < -0.4 is 0 Å². The molecule has 2 rings (SSSR count). The third-order valence-corrected chi connectivity index (χ3v) is 2.45. The summed E-state index contributed by atoms with van der Waals surface area (Å²) in [6.45, 7) is 0.393. The normalized spacial score (nSPS) is 10.5. The molecule has 0 spiro atoms. The Kier molecular flexibility index (Phi) is 4.23. The van der Waals surface area contributed by atoms with Crippen molar-refractivity contribution in [3.63, 3.8) is 0 Å². The molecule has 2 aromatic carbocycles. The molecule has 0 aliphatic rings. The first-order valence-electron chi connectivity index (χ1n) is 5.69. The van der Waals surface area contributed by atoms with Crippen molar-refractivity contribution < 1.29 is 9.76 Å². The average Bonchev–Trinajstić information content (AvgIpc) is 2.45. The fourth-order valence-corrected chi connectivity index (χ4v) is 1.47. The summed E-state index contributed by atoms with van der Waals surface area (Å²) >= 11 is 0. The van der Waals surface area contributed by atoms with Gasteiger partial charge in [-0.05, 0) is 23.3 Å². The number of hydrogen-bond donors (Lipinski definition) is 0. The molecule has 0 aliphatic carbocycles. The fourth-order valence-electron chi connectivity index (χ4n) is 1.47. The number of non-ortho nitro benzene ring substituents is 1. The molecular formula is C14H12N2O3. The van der Waals surface area contributed by atoms with E-state index in [0.717, 1.165) is 11.1 Å². The van der Waals surface area contributed by atoms with Crippen LogP contribution in [0.4, 0.5) is 5.69 Å². The van der Waals surface area contributed by atoms with E-state index in [-0.39, 0.29) is 5.69 Å². The van der Waals surface area contributed by atoms with Gasteiger partial charge in [0.15, 0.2) is 0 Å². The van der Waals surface area contributed by atoms with Crippen molar-refractivity contribution in [2.45, 2.75) is 6.61 Å². The molecule has 0 unspecified atom stereocenters. The molecule has 2 aromatic rings. The van der Waals surface area contributed by atoms with Crippen LogP contribution in [0, 0.1) is 10.1 Å². The summed E-state index contributed by atoms with van der Waals surface area (Å²) in [5.41, 5.74) is 1.84. The minimum Gasteiger partial charge on any atom is -0.391 e. The molecular weight excluding hydrogens is 244 g/mol. The van der Waals surface area contributed by atoms with Crippen molar-refractivity contribution in [1.29, 1.82) is 0 Å². The topological polar surface area (TPSA) is 64.7 Å². The third-order valence-electron chi connectivity index (χ3n) is 2.45. The van der Waals surface area contributed by atoms with Crippen LogP contribution in [0.3, 0.4) is 0 Å². The molecule has 96 valence electrons. The second-order valence-corrected chi connectivity index (χ2v) is 3.84.